The molecular weight excluding hydrogens is 311 g/mol. The molecule has 1 atom stereocenters. The average Bonchev–Trinajstić information content (AvgIpc) is 2.48. The van der Waals surface area contributed by atoms with Crippen LogP contribution in [-0.4, -0.2) is 21.0 Å². The lowest BCUT2D eigenvalue weighted by atomic mass is 10.0. The zero-order chi connectivity index (χ0) is 17.0. The Kier molecular flexibility index (Phi) is 4.95. The minimum atomic E-state index is -4.53. The lowest BCUT2D eigenvalue weighted by Crippen LogP contribution is -2.28. The molecule has 122 valence electrons. The van der Waals surface area contributed by atoms with Crippen molar-refractivity contribution in [3.8, 4) is 0 Å². The molecule has 0 spiro atoms. The number of carboxylic acids is 1. The molecule has 0 radical (unpaired) electrons. The van der Waals surface area contributed by atoms with E-state index < -0.39 is 23.8 Å². The van der Waals surface area contributed by atoms with Crippen LogP contribution in [0.5, 0.6) is 0 Å². The van der Waals surface area contributed by atoms with E-state index in [0.29, 0.717) is 11.4 Å². The molecule has 0 fully saturated rings. The predicted molar refractivity (Wildman–Crippen MR) is 75.4 cm³/mol. The predicted octanol–water partition coefficient (Wildman–Crippen LogP) is 2.72. The molecule has 0 aliphatic carbocycles. The molecular formula is C15H14F3N3O2. The molecule has 23 heavy (non-hydrogen) atoms. The Labute approximate surface area is 130 Å². The largest absolute Gasteiger partial charge is 0.480 e. The van der Waals surface area contributed by atoms with Crippen LogP contribution >= 0.6 is 0 Å². The van der Waals surface area contributed by atoms with Crippen LogP contribution in [0.3, 0.4) is 0 Å². The van der Waals surface area contributed by atoms with Crippen LogP contribution in [0.4, 0.5) is 13.2 Å². The van der Waals surface area contributed by atoms with Gasteiger partial charge in [0.2, 0.25) is 0 Å². The number of carbonyl (C=O) groups is 1. The van der Waals surface area contributed by atoms with Crippen LogP contribution in [0.2, 0.25) is 0 Å². The number of hydrogen-bond donors (Lipinski definition) is 2. The van der Waals surface area contributed by atoms with Gasteiger partial charge in [0.25, 0.3) is 0 Å². The van der Waals surface area contributed by atoms with Crippen LogP contribution < -0.4 is 5.32 Å². The Bertz CT molecular complexity index is 687. The summed E-state index contributed by atoms with van der Waals surface area (Å²) in [5, 5.41) is 11.9. The molecule has 0 saturated heterocycles. The number of alkyl halides is 3. The van der Waals surface area contributed by atoms with Gasteiger partial charge >= 0.3 is 12.1 Å². The zero-order valence-electron chi connectivity index (χ0n) is 12.1. The highest BCUT2D eigenvalue weighted by Gasteiger charge is 2.31. The third-order valence-corrected chi connectivity index (χ3v) is 3.12. The molecule has 2 aromatic rings. The van der Waals surface area contributed by atoms with Gasteiger partial charge in [-0.1, -0.05) is 12.1 Å². The van der Waals surface area contributed by atoms with E-state index in [4.69, 9.17) is 0 Å². The maximum atomic E-state index is 12.7. The van der Waals surface area contributed by atoms with Crippen LogP contribution in [0, 0.1) is 6.92 Å². The summed E-state index contributed by atoms with van der Waals surface area (Å²) in [7, 11) is 0. The Morgan fingerprint density at radius 3 is 2.61 bits per heavy atom. The fourth-order valence-electron chi connectivity index (χ4n) is 1.96. The number of aryl methyl sites for hydroxylation is 1. The zero-order valence-corrected chi connectivity index (χ0v) is 12.1. The van der Waals surface area contributed by atoms with E-state index in [-0.39, 0.29) is 12.1 Å². The van der Waals surface area contributed by atoms with Crippen molar-refractivity contribution in [3.05, 3.63) is 59.2 Å². The highest BCUT2D eigenvalue weighted by molar-refractivity contribution is 5.75. The van der Waals surface area contributed by atoms with Gasteiger partial charge < -0.3 is 5.11 Å². The summed E-state index contributed by atoms with van der Waals surface area (Å²) in [5.74, 6) is -1.27. The maximum Gasteiger partial charge on any atom is 0.416 e. The average molecular weight is 325 g/mol. The molecule has 0 saturated carbocycles. The number of benzene rings is 1. The number of hydrogen-bond acceptors (Lipinski definition) is 4. The van der Waals surface area contributed by atoms with Gasteiger partial charge in [0.05, 0.1) is 17.0 Å². The Hall–Kier alpha value is -2.48. The normalized spacial score (nSPS) is 12.9. The Morgan fingerprint density at radius 2 is 2.04 bits per heavy atom. The van der Waals surface area contributed by atoms with Crippen molar-refractivity contribution in [2.24, 2.45) is 0 Å². The molecule has 2 N–H and O–H groups in total. The lowest BCUT2D eigenvalue weighted by molar-refractivity contribution is -0.140. The van der Waals surface area contributed by atoms with Crippen LogP contribution in [-0.2, 0) is 17.5 Å². The van der Waals surface area contributed by atoms with E-state index in [1.807, 2.05) is 0 Å². The van der Waals surface area contributed by atoms with Crippen LogP contribution in [0.25, 0.3) is 0 Å². The van der Waals surface area contributed by atoms with E-state index in [1.54, 1.807) is 6.92 Å². The van der Waals surface area contributed by atoms with Crippen molar-refractivity contribution < 1.29 is 23.1 Å². The number of aliphatic carboxylic acids is 1. The van der Waals surface area contributed by atoms with E-state index in [2.05, 4.69) is 15.3 Å². The van der Waals surface area contributed by atoms with Crippen molar-refractivity contribution in [2.75, 3.05) is 0 Å². The molecule has 1 aromatic carbocycles. The first-order valence-electron chi connectivity index (χ1n) is 6.68. The summed E-state index contributed by atoms with van der Waals surface area (Å²) in [6.07, 6.45) is -1.52. The molecule has 1 heterocycles. The Morgan fingerprint density at radius 1 is 1.30 bits per heavy atom. The van der Waals surface area contributed by atoms with Gasteiger partial charge in [-0.05, 0) is 24.6 Å². The number of halogens is 3. The first kappa shape index (κ1) is 16.9. The highest BCUT2D eigenvalue weighted by Crippen LogP contribution is 2.30. The van der Waals surface area contributed by atoms with Gasteiger partial charge in [-0.2, -0.15) is 13.2 Å². The van der Waals surface area contributed by atoms with E-state index in [1.165, 1.54) is 24.5 Å². The molecule has 0 bridgehead atoms. The van der Waals surface area contributed by atoms with Gasteiger partial charge in [0.15, 0.2) is 0 Å². The number of carboxylic acid groups (broad SMARTS) is 1. The SMILES string of the molecule is Cc1cnc(CNC(C(=O)O)c2cccc(C(F)(F)F)c2)cn1. The van der Waals surface area contributed by atoms with E-state index >= 15 is 0 Å². The second-order valence-corrected chi connectivity index (χ2v) is 4.92. The monoisotopic (exact) mass is 325 g/mol. The maximum absolute atomic E-state index is 12.7. The van der Waals surface area contributed by atoms with Gasteiger partial charge in [0, 0.05) is 18.9 Å². The fourth-order valence-corrected chi connectivity index (χ4v) is 1.96. The number of nitrogens with one attached hydrogen (secondary N) is 1. The smallest absolute Gasteiger partial charge is 0.416 e. The molecule has 0 amide bonds. The summed E-state index contributed by atoms with van der Waals surface area (Å²) in [5.41, 5.74) is 0.334. The molecule has 1 aromatic heterocycles. The Balaban J connectivity index is 2.18. The van der Waals surface area contributed by atoms with Crippen molar-refractivity contribution >= 4 is 5.97 Å². The minimum Gasteiger partial charge on any atom is -0.480 e. The third kappa shape index (κ3) is 4.49. The van der Waals surface area contributed by atoms with E-state index in [9.17, 15) is 23.1 Å². The second kappa shape index (κ2) is 6.74. The summed E-state index contributed by atoms with van der Waals surface area (Å²) >= 11 is 0. The fraction of sp³-hybridized carbons (Fsp3) is 0.267. The molecule has 1 unspecified atom stereocenters. The first-order chi connectivity index (χ1) is 10.8. The quantitative estimate of drug-likeness (QED) is 0.884. The molecule has 8 heteroatoms. The van der Waals surface area contributed by atoms with Crippen molar-refractivity contribution in [1.82, 2.24) is 15.3 Å². The van der Waals surface area contributed by atoms with Gasteiger partial charge in [0.1, 0.15) is 6.04 Å². The number of aromatic nitrogens is 2. The highest BCUT2D eigenvalue weighted by atomic mass is 19.4. The second-order valence-electron chi connectivity index (χ2n) is 4.92. The molecule has 5 nitrogen and oxygen atoms in total. The van der Waals surface area contributed by atoms with Gasteiger partial charge in [-0.25, -0.2) is 0 Å². The third-order valence-electron chi connectivity index (χ3n) is 3.12. The first-order valence-corrected chi connectivity index (χ1v) is 6.68. The van der Waals surface area contributed by atoms with Crippen molar-refractivity contribution in [1.29, 1.82) is 0 Å². The molecule has 0 aliphatic rings. The summed E-state index contributed by atoms with van der Waals surface area (Å²) in [6.45, 7) is 1.83. The lowest BCUT2D eigenvalue weighted by Gasteiger charge is -2.16. The standard InChI is InChI=1S/C15H14F3N3O2/c1-9-6-20-12(7-19-9)8-21-13(14(22)23)10-3-2-4-11(5-10)15(16,17)18/h2-7,13,21H,8H2,1H3,(H,22,23). The molecule has 2 rings (SSSR count). The van der Waals surface area contributed by atoms with Crippen molar-refractivity contribution in [2.45, 2.75) is 25.7 Å². The van der Waals surface area contributed by atoms with Crippen LogP contribution in [0.1, 0.15) is 28.6 Å². The summed E-state index contributed by atoms with van der Waals surface area (Å²) in [4.78, 5) is 19.4. The minimum absolute atomic E-state index is 0.0207. The topological polar surface area (TPSA) is 75.1 Å². The number of nitrogens with zero attached hydrogens (tertiary/aromatic N) is 2. The van der Waals surface area contributed by atoms with E-state index in [0.717, 1.165) is 12.1 Å². The number of rotatable bonds is 5. The van der Waals surface area contributed by atoms with Crippen molar-refractivity contribution in [3.63, 3.8) is 0 Å². The summed E-state index contributed by atoms with van der Waals surface area (Å²) < 4.78 is 38.2. The molecule has 0 aliphatic heterocycles. The van der Waals surface area contributed by atoms with Gasteiger partial charge in [-0.3, -0.25) is 20.1 Å². The van der Waals surface area contributed by atoms with Crippen LogP contribution in [0.15, 0.2) is 36.7 Å². The summed E-state index contributed by atoms with van der Waals surface area (Å²) in [6, 6.07) is 2.96. The van der Waals surface area contributed by atoms with Gasteiger partial charge in [-0.15, -0.1) is 0 Å².